The Morgan fingerprint density at radius 3 is 1.10 bits per heavy atom. The highest BCUT2D eigenvalue weighted by molar-refractivity contribution is 6.26. The molecule has 0 aliphatic rings. The van der Waals surface area contributed by atoms with E-state index in [1.54, 1.807) is 0 Å². The van der Waals surface area contributed by atoms with Crippen LogP contribution in [-0.2, 0) is 10.8 Å². The van der Waals surface area contributed by atoms with Crippen molar-refractivity contribution < 1.29 is 0 Å². The fourth-order valence-corrected chi connectivity index (χ4v) is 7.07. The summed E-state index contributed by atoms with van der Waals surface area (Å²) in [6.07, 6.45) is 7.52. The Morgan fingerprint density at radius 1 is 0.360 bits per heavy atom. The molecule has 0 saturated carbocycles. The molecule has 0 saturated heterocycles. The van der Waals surface area contributed by atoms with Gasteiger partial charge in [0, 0.05) is 57.5 Å². The van der Waals surface area contributed by atoms with Crippen molar-refractivity contribution in [1.82, 2.24) is 29.9 Å². The van der Waals surface area contributed by atoms with Gasteiger partial charge < -0.3 is 0 Å². The van der Waals surface area contributed by atoms with Gasteiger partial charge in [0.2, 0.25) is 0 Å². The van der Waals surface area contributed by atoms with Gasteiger partial charge in [-0.15, -0.1) is 0 Å². The summed E-state index contributed by atoms with van der Waals surface area (Å²) in [5.41, 5.74) is 13.4. The molecule has 6 nitrogen and oxygen atoms in total. The molecule has 0 aliphatic carbocycles. The highest BCUT2D eigenvalue weighted by atomic mass is 14.9. The zero-order valence-corrected chi connectivity index (χ0v) is 29.1. The summed E-state index contributed by atoms with van der Waals surface area (Å²) in [7, 11) is 0. The predicted molar refractivity (Wildman–Crippen MR) is 207 cm³/mol. The van der Waals surface area contributed by atoms with Gasteiger partial charge in [0.15, 0.2) is 0 Å². The molecular weight excluding hydrogens is 613 g/mol. The Balaban J connectivity index is 1.37. The van der Waals surface area contributed by atoms with E-state index in [0.29, 0.717) is 0 Å². The molecular formula is C44H36N6. The molecule has 0 atom stereocenters. The number of hydrogen-bond acceptors (Lipinski definition) is 6. The number of hydrogen-bond donors (Lipinski definition) is 0. The van der Waals surface area contributed by atoms with Gasteiger partial charge in [-0.2, -0.15) is 0 Å². The number of benzene rings is 4. The summed E-state index contributed by atoms with van der Waals surface area (Å²) in [6, 6.07) is 30.0. The van der Waals surface area contributed by atoms with Crippen molar-refractivity contribution in [2.75, 3.05) is 0 Å². The first-order valence-electron chi connectivity index (χ1n) is 17.1. The van der Waals surface area contributed by atoms with Gasteiger partial charge in [-0.25, -0.2) is 9.97 Å². The first-order valence-corrected chi connectivity index (χ1v) is 17.1. The molecule has 0 unspecified atom stereocenters. The van der Waals surface area contributed by atoms with Gasteiger partial charge >= 0.3 is 0 Å². The highest BCUT2D eigenvalue weighted by Crippen LogP contribution is 2.39. The molecule has 9 rings (SSSR count). The molecule has 5 heterocycles. The van der Waals surface area contributed by atoms with Crippen molar-refractivity contribution in [2.24, 2.45) is 0 Å². The molecule has 0 spiro atoms. The molecule has 50 heavy (non-hydrogen) atoms. The zero-order valence-electron chi connectivity index (χ0n) is 29.1. The summed E-state index contributed by atoms with van der Waals surface area (Å²) in [5, 5.41) is 3.67. The average Bonchev–Trinajstić information content (AvgIpc) is 3.13. The summed E-state index contributed by atoms with van der Waals surface area (Å²) >= 11 is 0. The maximum absolute atomic E-state index is 5.46. The van der Waals surface area contributed by atoms with Crippen molar-refractivity contribution in [3.63, 3.8) is 0 Å². The molecule has 0 fully saturated rings. The Kier molecular flexibility index (Phi) is 6.53. The summed E-state index contributed by atoms with van der Waals surface area (Å²) in [5.74, 6) is 0. The Bertz CT molecular complexity index is 2610. The van der Waals surface area contributed by atoms with Crippen LogP contribution in [0.5, 0.6) is 0 Å². The van der Waals surface area contributed by atoms with Gasteiger partial charge in [-0.1, -0.05) is 90.1 Å². The minimum atomic E-state index is 0.0718. The van der Waals surface area contributed by atoms with Crippen molar-refractivity contribution >= 4 is 65.7 Å². The van der Waals surface area contributed by atoms with Crippen LogP contribution in [0.25, 0.3) is 87.9 Å². The molecule has 242 valence electrons. The normalized spacial score (nSPS) is 12.6. The Labute approximate surface area is 290 Å². The van der Waals surface area contributed by atoms with Gasteiger partial charge in [-0.05, 0) is 69.5 Å². The van der Waals surface area contributed by atoms with Crippen LogP contribution in [0, 0.1) is 0 Å². The third-order valence-corrected chi connectivity index (χ3v) is 9.92. The van der Waals surface area contributed by atoms with Crippen LogP contribution in [0.1, 0.15) is 52.7 Å². The maximum atomic E-state index is 5.46. The third kappa shape index (κ3) is 4.78. The van der Waals surface area contributed by atoms with Crippen molar-refractivity contribution in [1.29, 1.82) is 0 Å². The predicted octanol–water partition coefficient (Wildman–Crippen LogP) is 10.9. The van der Waals surface area contributed by atoms with E-state index in [2.05, 4.69) is 114 Å². The van der Waals surface area contributed by atoms with E-state index in [0.717, 1.165) is 87.9 Å². The molecule has 9 aromatic rings. The maximum Gasteiger partial charge on any atom is 0.0996 e. The number of aromatic nitrogens is 6. The van der Waals surface area contributed by atoms with Crippen LogP contribution in [0.15, 0.2) is 110 Å². The molecule has 0 aliphatic heterocycles. The van der Waals surface area contributed by atoms with Gasteiger partial charge in [-0.3, -0.25) is 19.9 Å². The molecule has 0 amide bonds. The Morgan fingerprint density at radius 2 is 0.720 bits per heavy atom. The average molecular weight is 649 g/mol. The van der Waals surface area contributed by atoms with Crippen LogP contribution in [-0.4, -0.2) is 29.9 Å². The van der Waals surface area contributed by atoms with Crippen LogP contribution < -0.4 is 0 Å². The summed E-state index contributed by atoms with van der Waals surface area (Å²) in [6.45, 7) is 13.4. The second-order valence-corrected chi connectivity index (χ2v) is 15.3. The second-order valence-electron chi connectivity index (χ2n) is 15.3. The van der Waals surface area contributed by atoms with Gasteiger partial charge in [0.1, 0.15) is 0 Å². The summed E-state index contributed by atoms with van der Waals surface area (Å²) in [4.78, 5) is 30.6. The van der Waals surface area contributed by atoms with E-state index in [-0.39, 0.29) is 10.8 Å². The van der Waals surface area contributed by atoms with Gasteiger partial charge in [0.05, 0.1) is 44.1 Å². The topological polar surface area (TPSA) is 77.3 Å². The number of rotatable bonds is 2. The number of fused-ring (bicyclic) bond motifs is 12. The van der Waals surface area contributed by atoms with Crippen LogP contribution in [0.4, 0.5) is 0 Å². The number of pyridine rings is 4. The minimum absolute atomic E-state index is 0.0718. The molecule has 6 heteroatoms. The SMILES string of the molecule is CC(C)(C)c1ccc(-c2cnc3c(c2)c2nc4c5cccnc5c5ncccc5c4nc2c2cc(-c4ccc(C(C)(C)C)cc4)cnc23)cc1. The van der Waals surface area contributed by atoms with Crippen LogP contribution in [0.3, 0.4) is 0 Å². The first kappa shape index (κ1) is 30.2. The van der Waals surface area contributed by atoms with E-state index in [4.69, 9.17) is 29.9 Å². The molecule has 0 radical (unpaired) electrons. The van der Waals surface area contributed by atoms with Crippen molar-refractivity contribution in [3.8, 4) is 22.3 Å². The van der Waals surface area contributed by atoms with Crippen molar-refractivity contribution in [3.05, 3.63) is 121 Å². The van der Waals surface area contributed by atoms with E-state index < -0.39 is 0 Å². The lowest BCUT2D eigenvalue weighted by atomic mass is 9.86. The monoisotopic (exact) mass is 648 g/mol. The first-order chi connectivity index (χ1) is 24.0. The van der Waals surface area contributed by atoms with E-state index in [1.165, 1.54) is 11.1 Å². The lowest BCUT2D eigenvalue weighted by molar-refractivity contribution is 0.590. The third-order valence-electron chi connectivity index (χ3n) is 9.92. The van der Waals surface area contributed by atoms with Crippen LogP contribution in [0.2, 0.25) is 0 Å². The summed E-state index contributed by atoms with van der Waals surface area (Å²) < 4.78 is 0. The lowest BCUT2D eigenvalue weighted by Gasteiger charge is -2.19. The van der Waals surface area contributed by atoms with E-state index >= 15 is 0 Å². The largest absolute Gasteiger partial charge is 0.254 e. The van der Waals surface area contributed by atoms with Crippen molar-refractivity contribution in [2.45, 2.75) is 52.4 Å². The zero-order chi connectivity index (χ0) is 34.4. The Hall–Kier alpha value is -5.88. The fourth-order valence-electron chi connectivity index (χ4n) is 7.07. The molecule has 0 N–H and O–H groups in total. The van der Waals surface area contributed by atoms with Gasteiger partial charge in [0.25, 0.3) is 0 Å². The standard InChI is InChI=1S/C44H36N6/c1-43(2,3)29-15-11-25(12-16-29)27-21-33-37(47-23-27)38-34(22-28(24-48-38)26-13-17-30(18-14-26)44(4,5)6)42-41(33)49-39-31-9-7-19-45-35(31)36-32(40(39)50-42)10-8-20-46-36/h7-24H,1-6H3. The van der Waals surface area contributed by atoms with E-state index in [9.17, 15) is 0 Å². The van der Waals surface area contributed by atoms with Crippen LogP contribution >= 0.6 is 0 Å². The highest BCUT2D eigenvalue weighted by Gasteiger charge is 2.21. The smallest absolute Gasteiger partial charge is 0.0996 e. The number of nitrogens with zero attached hydrogens (tertiary/aromatic N) is 6. The fraction of sp³-hybridized carbons (Fsp3) is 0.182. The van der Waals surface area contributed by atoms with E-state index in [1.807, 2.05) is 36.9 Å². The lowest BCUT2D eigenvalue weighted by Crippen LogP contribution is -2.10. The molecule has 4 aromatic carbocycles. The molecule has 5 aromatic heterocycles. The molecule has 0 bridgehead atoms. The second kappa shape index (κ2) is 10.8. The quantitative estimate of drug-likeness (QED) is 0.137. The minimum Gasteiger partial charge on any atom is -0.254 e.